The van der Waals surface area contributed by atoms with Crippen molar-refractivity contribution < 1.29 is 23.9 Å². The predicted octanol–water partition coefficient (Wildman–Crippen LogP) is 4.95. The number of methoxy groups -OCH3 is 1. The second kappa shape index (κ2) is 18.4. The van der Waals surface area contributed by atoms with E-state index in [0.717, 1.165) is 43.4 Å². The third kappa shape index (κ3) is 10.7. The van der Waals surface area contributed by atoms with E-state index >= 15 is 0 Å². The highest BCUT2D eigenvalue weighted by molar-refractivity contribution is 5.90. The van der Waals surface area contributed by atoms with Gasteiger partial charge in [0.05, 0.1) is 13.2 Å². The van der Waals surface area contributed by atoms with Crippen molar-refractivity contribution in [1.29, 1.82) is 0 Å². The van der Waals surface area contributed by atoms with Crippen LogP contribution >= 0.6 is 0 Å². The summed E-state index contributed by atoms with van der Waals surface area (Å²) in [5.41, 5.74) is 1.88. The van der Waals surface area contributed by atoms with Crippen molar-refractivity contribution in [3.05, 3.63) is 71.8 Å². The largest absolute Gasteiger partial charge is 0.467 e. The van der Waals surface area contributed by atoms with Gasteiger partial charge >= 0.3 is 5.97 Å². The van der Waals surface area contributed by atoms with Crippen LogP contribution in [0.1, 0.15) is 96.6 Å². The van der Waals surface area contributed by atoms with Crippen LogP contribution in [0.3, 0.4) is 0 Å². The van der Waals surface area contributed by atoms with E-state index in [1.807, 2.05) is 86.3 Å². The van der Waals surface area contributed by atoms with E-state index in [2.05, 4.69) is 22.9 Å². The molecular weight excluding hydrogens is 580 g/mol. The maximum atomic E-state index is 13.1. The quantitative estimate of drug-likeness (QED) is 0.302. The molecule has 2 aromatic carbocycles. The number of nitrogens with one attached hydrogen (secondary N) is 3. The molecule has 0 aromatic heterocycles. The van der Waals surface area contributed by atoms with Crippen LogP contribution in [-0.2, 0) is 23.9 Å². The topological polar surface area (TPSA) is 117 Å². The Hall–Kier alpha value is -3.72. The zero-order chi connectivity index (χ0) is 33.6. The average molecular weight is 635 g/mol. The van der Waals surface area contributed by atoms with Gasteiger partial charge in [0.25, 0.3) is 0 Å². The molecular formula is C37H54N4O5. The molecule has 252 valence electrons. The highest BCUT2D eigenvalue weighted by Crippen LogP contribution is 2.30. The minimum atomic E-state index is -0.771. The van der Waals surface area contributed by atoms with E-state index in [-0.39, 0.29) is 47.7 Å². The van der Waals surface area contributed by atoms with E-state index in [1.54, 1.807) is 0 Å². The second-order valence-electron chi connectivity index (χ2n) is 13.0. The minimum absolute atomic E-state index is 0.0560. The van der Waals surface area contributed by atoms with Gasteiger partial charge in [-0.15, -0.1) is 0 Å². The fourth-order valence-electron chi connectivity index (χ4n) is 6.66. The highest BCUT2D eigenvalue weighted by Gasteiger charge is 2.37. The molecule has 0 bridgehead atoms. The van der Waals surface area contributed by atoms with Crippen LogP contribution in [0.2, 0.25) is 0 Å². The predicted molar refractivity (Wildman–Crippen MR) is 181 cm³/mol. The third-order valence-electron chi connectivity index (χ3n) is 8.96. The molecule has 2 aromatic rings. The molecule has 1 aliphatic heterocycles. The van der Waals surface area contributed by atoms with Crippen molar-refractivity contribution in [2.24, 2.45) is 5.92 Å². The number of carbonyl (C=O) groups is 4. The number of hydrogen-bond acceptors (Lipinski definition) is 6. The van der Waals surface area contributed by atoms with Gasteiger partial charge in [-0.25, -0.2) is 4.79 Å². The van der Waals surface area contributed by atoms with Crippen molar-refractivity contribution in [1.82, 2.24) is 20.9 Å². The Bertz CT molecular complexity index is 1210. The molecule has 9 nitrogen and oxygen atoms in total. The number of nitrogens with zero attached hydrogens (tertiary/aromatic N) is 1. The third-order valence-corrected chi connectivity index (χ3v) is 8.96. The summed E-state index contributed by atoms with van der Waals surface area (Å²) in [5.74, 6) is -0.676. The normalized spacial score (nSPS) is 18.6. The van der Waals surface area contributed by atoms with Crippen LogP contribution in [0.5, 0.6) is 0 Å². The van der Waals surface area contributed by atoms with Gasteiger partial charge in [-0.1, -0.05) is 93.8 Å². The van der Waals surface area contributed by atoms with Gasteiger partial charge < -0.3 is 25.6 Å². The lowest BCUT2D eigenvalue weighted by Crippen LogP contribution is -2.57. The summed E-state index contributed by atoms with van der Waals surface area (Å²) in [6.07, 6.45) is 7.82. The van der Waals surface area contributed by atoms with Crippen LogP contribution in [-0.4, -0.2) is 72.5 Å². The number of likely N-dealkylation sites (tertiary alicyclic amines) is 1. The number of amides is 3. The smallest absolute Gasteiger partial charge is 0.329 e. The Kier molecular flexibility index (Phi) is 14.7. The summed E-state index contributed by atoms with van der Waals surface area (Å²) < 4.78 is 4.88. The first-order valence-corrected chi connectivity index (χ1v) is 16.8. The van der Waals surface area contributed by atoms with E-state index in [4.69, 9.17) is 4.74 Å². The van der Waals surface area contributed by atoms with Gasteiger partial charge in [0.1, 0.15) is 12.1 Å². The SMILES string of the molecule is CC(C)NC(C)C(=O)N[C@H](C(=O)N1CCC[C@H]1C)C1CCCCC1.COC(=O)[C@@H](NC(C)=O)C(c1ccccc1)c1ccccc1. The fourth-order valence-corrected chi connectivity index (χ4v) is 6.66. The summed E-state index contributed by atoms with van der Waals surface area (Å²) >= 11 is 0. The van der Waals surface area contributed by atoms with Crippen molar-refractivity contribution >= 4 is 23.7 Å². The van der Waals surface area contributed by atoms with E-state index in [9.17, 15) is 19.2 Å². The summed E-state index contributed by atoms with van der Waals surface area (Å²) in [4.78, 5) is 51.4. The molecule has 0 radical (unpaired) electrons. The number of rotatable bonds is 11. The van der Waals surface area contributed by atoms with Gasteiger partial charge in [-0.05, 0) is 56.6 Å². The molecule has 1 aliphatic carbocycles. The monoisotopic (exact) mass is 634 g/mol. The second-order valence-corrected chi connectivity index (χ2v) is 13.0. The summed E-state index contributed by atoms with van der Waals surface area (Å²) in [7, 11) is 1.32. The van der Waals surface area contributed by atoms with Crippen LogP contribution in [0.4, 0.5) is 0 Å². The molecule has 0 spiro atoms. The minimum Gasteiger partial charge on any atom is -0.467 e. The summed E-state index contributed by atoms with van der Waals surface area (Å²) in [6.45, 7) is 10.3. The van der Waals surface area contributed by atoms with E-state index < -0.39 is 12.0 Å². The number of carbonyl (C=O) groups excluding carboxylic acids is 4. The van der Waals surface area contributed by atoms with Crippen molar-refractivity contribution in [2.45, 2.75) is 116 Å². The van der Waals surface area contributed by atoms with Crippen LogP contribution in [0.15, 0.2) is 60.7 Å². The highest BCUT2D eigenvalue weighted by atomic mass is 16.5. The van der Waals surface area contributed by atoms with Crippen molar-refractivity contribution in [3.63, 3.8) is 0 Å². The van der Waals surface area contributed by atoms with Crippen LogP contribution in [0, 0.1) is 5.92 Å². The van der Waals surface area contributed by atoms with Crippen molar-refractivity contribution in [2.75, 3.05) is 13.7 Å². The Morgan fingerprint density at radius 2 is 1.37 bits per heavy atom. The Labute approximate surface area is 275 Å². The molecule has 46 heavy (non-hydrogen) atoms. The fraction of sp³-hybridized carbons (Fsp3) is 0.568. The lowest BCUT2D eigenvalue weighted by Gasteiger charge is -2.35. The first-order chi connectivity index (χ1) is 22.0. The molecule has 3 amide bonds. The zero-order valence-electron chi connectivity index (χ0n) is 28.5. The number of esters is 1. The first-order valence-electron chi connectivity index (χ1n) is 16.8. The van der Waals surface area contributed by atoms with Gasteiger partial charge in [-0.3, -0.25) is 14.4 Å². The number of benzene rings is 2. The number of hydrogen-bond donors (Lipinski definition) is 3. The first kappa shape index (κ1) is 36.7. The van der Waals surface area contributed by atoms with Gasteiger partial charge in [0, 0.05) is 31.5 Å². The number of ether oxygens (including phenoxy) is 1. The van der Waals surface area contributed by atoms with E-state index in [1.165, 1.54) is 33.3 Å². The zero-order valence-corrected chi connectivity index (χ0v) is 28.5. The molecule has 1 unspecified atom stereocenters. The summed E-state index contributed by atoms with van der Waals surface area (Å²) in [5, 5.41) is 9.04. The molecule has 9 heteroatoms. The van der Waals surface area contributed by atoms with Gasteiger partial charge in [0.2, 0.25) is 17.7 Å². The molecule has 1 saturated carbocycles. The molecule has 1 saturated heterocycles. The molecule has 2 aliphatic rings. The molecule has 4 atom stereocenters. The maximum absolute atomic E-state index is 13.1. The van der Waals surface area contributed by atoms with Crippen LogP contribution < -0.4 is 16.0 Å². The molecule has 1 heterocycles. The van der Waals surface area contributed by atoms with Gasteiger partial charge in [-0.2, -0.15) is 0 Å². The molecule has 4 rings (SSSR count). The molecule has 2 fully saturated rings. The van der Waals surface area contributed by atoms with E-state index in [0.29, 0.717) is 6.04 Å². The average Bonchev–Trinajstić information content (AvgIpc) is 3.49. The van der Waals surface area contributed by atoms with Gasteiger partial charge in [0.15, 0.2) is 0 Å². The summed E-state index contributed by atoms with van der Waals surface area (Å²) in [6, 6.07) is 18.4. The van der Waals surface area contributed by atoms with Crippen LogP contribution in [0.25, 0.3) is 0 Å². The lowest BCUT2D eigenvalue weighted by molar-refractivity contribution is -0.145. The lowest BCUT2D eigenvalue weighted by atomic mass is 9.83. The Balaban J connectivity index is 0.000000251. The molecule has 3 N–H and O–H groups in total. The maximum Gasteiger partial charge on any atom is 0.329 e. The Morgan fingerprint density at radius 3 is 1.83 bits per heavy atom. The Morgan fingerprint density at radius 1 is 0.804 bits per heavy atom. The standard InChI is InChI=1S/C19H35N3O2.C18H19NO3/c1-13(2)20-15(4)18(23)21-17(16-10-6-5-7-11-16)19(24)22-12-8-9-14(22)3;1-13(20)19-17(18(21)22-2)16(14-9-5-3-6-10-14)15-11-7-4-8-12-15/h13-17,20H,5-12H2,1-4H3,(H,21,23);3-12,16-17H,1-2H3,(H,19,20)/t14-,15?,17+;17-/m10/s1. The van der Waals surface area contributed by atoms with Crippen molar-refractivity contribution in [3.8, 4) is 0 Å².